The summed E-state index contributed by atoms with van der Waals surface area (Å²) in [6.07, 6.45) is 6.27. The average Bonchev–Trinajstić information content (AvgIpc) is 3.21. The molecular formula is C25H35N3O3S. The van der Waals surface area contributed by atoms with Gasteiger partial charge in [-0.2, -0.15) is 0 Å². The Bertz CT molecular complexity index is 869. The van der Waals surface area contributed by atoms with Crippen LogP contribution in [0.2, 0.25) is 0 Å². The second-order valence-corrected chi connectivity index (χ2v) is 9.67. The van der Waals surface area contributed by atoms with Gasteiger partial charge in [0.15, 0.2) is 0 Å². The topological polar surface area (TPSA) is 58.8 Å². The minimum absolute atomic E-state index is 0.250. The van der Waals surface area contributed by atoms with Gasteiger partial charge in [-0.1, -0.05) is 6.42 Å². The van der Waals surface area contributed by atoms with Crippen LogP contribution >= 0.6 is 11.8 Å². The first-order valence-corrected chi connectivity index (χ1v) is 13.1. The predicted octanol–water partition coefficient (Wildman–Crippen LogP) is 4.76. The number of likely N-dealkylation sites (tertiary alicyclic amines) is 2. The second kappa shape index (κ2) is 11.2. The van der Waals surface area contributed by atoms with Crippen molar-refractivity contribution in [2.24, 2.45) is 0 Å². The van der Waals surface area contributed by atoms with Crippen LogP contribution in [0.25, 0.3) is 11.5 Å². The SMILES string of the molecule is CCOc1ccc(-c2nc(CSCC(=O)N3CCC(N4CCCCC4)CC3)c(C)o2)cc1. The highest BCUT2D eigenvalue weighted by Crippen LogP contribution is 2.26. The Balaban J connectivity index is 1.22. The zero-order chi connectivity index (χ0) is 22.3. The van der Waals surface area contributed by atoms with E-state index in [-0.39, 0.29) is 5.91 Å². The lowest BCUT2D eigenvalue weighted by Crippen LogP contribution is -2.48. The van der Waals surface area contributed by atoms with Crippen LogP contribution in [0.15, 0.2) is 28.7 Å². The summed E-state index contributed by atoms with van der Waals surface area (Å²) in [4.78, 5) is 22.1. The normalized spacial score (nSPS) is 18.1. The molecule has 4 rings (SSSR count). The Morgan fingerprint density at radius 3 is 2.53 bits per heavy atom. The van der Waals surface area contributed by atoms with Crippen LogP contribution in [0.1, 0.15) is 50.5 Å². The van der Waals surface area contributed by atoms with Crippen molar-refractivity contribution in [1.82, 2.24) is 14.8 Å². The van der Waals surface area contributed by atoms with Crippen molar-refractivity contribution in [2.45, 2.75) is 57.7 Å². The molecule has 2 saturated heterocycles. The largest absolute Gasteiger partial charge is 0.494 e. The third kappa shape index (κ3) is 5.87. The molecule has 2 aliphatic heterocycles. The van der Waals surface area contributed by atoms with Crippen molar-refractivity contribution in [3.8, 4) is 17.2 Å². The quantitative estimate of drug-likeness (QED) is 0.570. The maximum atomic E-state index is 12.7. The smallest absolute Gasteiger partial charge is 0.232 e. The van der Waals surface area contributed by atoms with Gasteiger partial charge in [0.2, 0.25) is 11.8 Å². The van der Waals surface area contributed by atoms with Crippen molar-refractivity contribution in [3.63, 3.8) is 0 Å². The van der Waals surface area contributed by atoms with Gasteiger partial charge in [0, 0.05) is 30.4 Å². The van der Waals surface area contributed by atoms with E-state index in [4.69, 9.17) is 9.15 Å². The number of oxazole rings is 1. The maximum Gasteiger partial charge on any atom is 0.232 e. The molecule has 0 N–H and O–H groups in total. The minimum atomic E-state index is 0.250. The number of ether oxygens (including phenoxy) is 1. The van der Waals surface area contributed by atoms with E-state index in [1.165, 1.54) is 32.4 Å². The molecule has 3 heterocycles. The molecule has 0 aliphatic carbocycles. The molecular weight excluding hydrogens is 422 g/mol. The molecule has 0 spiro atoms. The lowest BCUT2D eigenvalue weighted by atomic mass is 10.00. The van der Waals surface area contributed by atoms with Crippen LogP contribution in [0.4, 0.5) is 0 Å². The van der Waals surface area contributed by atoms with E-state index in [1.54, 1.807) is 11.8 Å². The Morgan fingerprint density at radius 1 is 1.12 bits per heavy atom. The molecule has 0 saturated carbocycles. The number of thioether (sulfide) groups is 1. The van der Waals surface area contributed by atoms with E-state index < -0.39 is 0 Å². The zero-order valence-electron chi connectivity index (χ0n) is 19.3. The number of aryl methyl sites for hydroxylation is 1. The van der Waals surface area contributed by atoms with Gasteiger partial charge in [-0.15, -0.1) is 11.8 Å². The molecule has 32 heavy (non-hydrogen) atoms. The number of nitrogens with zero attached hydrogens (tertiary/aromatic N) is 3. The first kappa shape index (κ1) is 23.2. The monoisotopic (exact) mass is 457 g/mol. The molecule has 0 atom stereocenters. The van der Waals surface area contributed by atoms with Crippen LogP contribution in [-0.4, -0.2) is 65.3 Å². The number of piperidine rings is 2. The number of hydrogen-bond acceptors (Lipinski definition) is 6. The summed E-state index contributed by atoms with van der Waals surface area (Å²) in [7, 11) is 0. The molecule has 6 nitrogen and oxygen atoms in total. The van der Waals surface area contributed by atoms with Gasteiger partial charge in [0.1, 0.15) is 11.5 Å². The summed E-state index contributed by atoms with van der Waals surface area (Å²) in [5, 5.41) is 0. The summed E-state index contributed by atoms with van der Waals surface area (Å²) in [6, 6.07) is 8.46. The Hall–Kier alpha value is -1.99. The van der Waals surface area contributed by atoms with Crippen molar-refractivity contribution in [3.05, 3.63) is 35.7 Å². The molecule has 1 aromatic heterocycles. The van der Waals surface area contributed by atoms with E-state index in [2.05, 4.69) is 14.8 Å². The number of carbonyl (C=O) groups is 1. The number of aromatic nitrogens is 1. The van der Waals surface area contributed by atoms with Gasteiger partial charge < -0.3 is 19.0 Å². The molecule has 2 aliphatic rings. The fourth-order valence-electron chi connectivity index (χ4n) is 4.64. The highest BCUT2D eigenvalue weighted by atomic mass is 32.2. The van der Waals surface area contributed by atoms with E-state index >= 15 is 0 Å². The van der Waals surface area contributed by atoms with Crippen molar-refractivity contribution in [2.75, 3.05) is 38.5 Å². The molecule has 1 aromatic carbocycles. The Morgan fingerprint density at radius 2 is 1.84 bits per heavy atom. The second-order valence-electron chi connectivity index (χ2n) is 8.68. The van der Waals surface area contributed by atoms with Gasteiger partial charge in [-0.05, 0) is 76.9 Å². The predicted molar refractivity (Wildman–Crippen MR) is 129 cm³/mol. The summed E-state index contributed by atoms with van der Waals surface area (Å²) in [6.45, 7) is 8.82. The lowest BCUT2D eigenvalue weighted by molar-refractivity contribution is -0.129. The molecule has 2 aromatic rings. The molecule has 1 amide bonds. The third-order valence-corrected chi connectivity index (χ3v) is 7.42. The average molecular weight is 458 g/mol. The van der Waals surface area contributed by atoms with Gasteiger partial charge in [-0.25, -0.2) is 4.98 Å². The third-order valence-electron chi connectivity index (χ3n) is 6.49. The molecule has 7 heteroatoms. The highest BCUT2D eigenvalue weighted by molar-refractivity contribution is 7.99. The van der Waals surface area contributed by atoms with Gasteiger partial charge in [0.25, 0.3) is 0 Å². The first-order valence-electron chi connectivity index (χ1n) is 11.9. The minimum Gasteiger partial charge on any atom is -0.494 e. The number of benzene rings is 1. The van der Waals surface area contributed by atoms with E-state index in [0.717, 1.165) is 48.7 Å². The molecule has 0 radical (unpaired) electrons. The van der Waals surface area contributed by atoms with Crippen LogP contribution < -0.4 is 4.74 Å². The van der Waals surface area contributed by atoms with Crippen LogP contribution in [-0.2, 0) is 10.5 Å². The number of carbonyl (C=O) groups excluding carboxylic acids is 1. The van der Waals surface area contributed by atoms with E-state index in [1.807, 2.05) is 38.1 Å². The van der Waals surface area contributed by atoms with Crippen LogP contribution in [0, 0.1) is 6.92 Å². The summed E-state index contributed by atoms with van der Waals surface area (Å²) in [5.41, 5.74) is 1.84. The fourth-order valence-corrected chi connectivity index (χ4v) is 5.56. The van der Waals surface area contributed by atoms with E-state index in [9.17, 15) is 4.79 Å². The molecule has 0 unspecified atom stereocenters. The number of hydrogen-bond donors (Lipinski definition) is 0. The number of rotatable bonds is 8. The van der Waals surface area contributed by atoms with Crippen LogP contribution in [0.3, 0.4) is 0 Å². The Kier molecular flexibility index (Phi) is 8.14. The van der Waals surface area contributed by atoms with Crippen molar-refractivity contribution >= 4 is 17.7 Å². The zero-order valence-corrected chi connectivity index (χ0v) is 20.2. The van der Waals surface area contributed by atoms with Crippen molar-refractivity contribution in [1.29, 1.82) is 0 Å². The molecule has 0 bridgehead atoms. The van der Waals surface area contributed by atoms with Gasteiger partial charge in [0.05, 0.1) is 18.1 Å². The molecule has 2 fully saturated rings. The van der Waals surface area contributed by atoms with Crippen LogP contribution in [0.5, 0.6) is 5.75 Å². The first-order chi connectivity index (χ1) is 15.6. The lowest BCUT2D eigenvalue weighted by Gasteiger charge is -2.40. The summed E-state index contributed by atoms with van der Waals surface area (Å²) < 4.78 is 11.4. The van der Waals surface area contributed by atoms with Gasteiger partial charge >= 0.3 is 0 Å². The summed E-state index contributed by atoms with van der Waals surface area (Å²) in [5.74, 6) is 3.71. The standard InChI is InChI=1S/C25H35N3O3S/c1-3-30-22-9-7-20(8-10-22)25-26-23(19(2)31-25)17-32-18-24(29)28-15-11-21(12-16-28)27-13-5-4-6-14-27/h7-10,21H,3-6,11-18H2,1-2H3. The highest BCUT2D eigenvalue weighted by Gasteiger charge is 2.27. The fraction of sp³-hybridized carbons (Fsp3) is 0.600. The van der Waals surface area contributed by atoms with Crippen molar-refractivity contribution < 1.29 is 13.9 Å². The summed E-state index contributed by atoms with van der Waals surface area (Å²) >= 11 is 1.62. The molecule has 174 valence electrons. The van der Waals surface area contributed by atoms with Gasteiger partial charge in [-0.3, -0.25) is 4.79 Å². The number of amides is 1. The maximum absolute atomic E-state index is 12.7. The Labute approximate surface area is 195 Å². The van der Waals surface area contributed by atoms with E-state index in [0.29, 0.717) is 30.0 Å².